The van der Waals surface area contributed by atoms with Crippen LogP contribution in [0.2, 0.25) is 0 Å². The number of aryl methyl sites for hydroxylation is 1. The second-order valence-electron chi connectivity index (χ2n) is 4.10. The Labute approximate surface area is 112 Å². The molecular weight excluding hydrogens is 274 g/mol. The van der Waals surface area contributed by atoms with Gasteiger partial charge in [-0.1, -0.05) is 0 Å². The number of alkyl halides is 1. The minimum Gasteiger partial charge on any atom is -0.289 e. The molecule has 0 N–H and O–H groups in total. The van der Waals surface area contributed by atoms with Crippen molar-refractivity contribution in [1.82, 2.24) is 19.3 Å². The second kappa shape index (κ2) is 4.31. The molecule has 0 unspecified atom stereocenters. The Bertz CT molecular complexity index is 763. The van der Waals surface area contributed by atoms with E-state index in [1.807, 2.05) is 0 Å². The Balaban J connectivity index is 2.41. The van der Waals surface area contributed by atoms with Gasteiger partial charge in [-0.2, -0.15) is 5.10 Å². The molecule has 0 amide bonds. The zero-order chi connectivity index (χ0) is 13.6. The highest BCUT2D eigenvalue weighted by Crippen LogP contribution is 2.26. The van der Waals surface area contributed by atoms with Gasteiger partial charge in [0, 0.05) is 13.2 Å². The molecule has 0 aliphatic heterocycles. The molecule has 0 radical (unpaired) electrons. The van der Waals surface area contributed by atoms with Crippen LogP contribution >= 0.6 is 11.6 Å². The van der Waals surface area contributed by atoms with Gasteiger partial charge < -0.3 is 0 Å². The molecule has 0 bridgehead atoms. The summed E-state index contributed by atoms with van der Waals surface area (Å²) in [6.45, 7) is 0. The fourth-order valence-corrected chi connectivity index (χ4v) is 2.22. The van der Waals surface area contributed by atoms with E-state index in [2.05, 4.69) is 10.1 Å². The van der Waals surface area contributed by atoms with Gasteiger partial charge in [0.05, 0.1) is 23.3 Å². The van der Waals surface area contributed by atoms with E-state index >= 15 is 0 Å². The lowest BCUT2D eigenvalue weighted by molar-refractivity contribution is 0.514. The number of rotatable bonds is 2. The molecule has 4 nitrogen and oxygen atoms in total. The molecule has 98 valence electrons. The molecule has 19 heavy (non-hydrogen) atoms. The first kappa shape index (κ1) is 12.1. The van der Waals surface area contributed by atoms with Crippen molar-refractivity contribution < 1.29 is 8.78 Å². The molecule has 0 saturated carbocycles. The summed E-state index contributed by atoms with van der Waals surface area (Å²) in [5, 5.41) is 4.02. The molecule has 7 heteroatoms. The quantitative estimate of drug-likeness (QED) is 0.678. The number of nitrogens with zero attached hydrogens (tertiary/aromatic N) is 4. The van der Waals surface area contributed by atoms with Gasteiger partial charge in [-0.3, -0.25) is 9.25 Å². The van der Waals surface area contributed by atoms with Crippen LogP contribution in [0.4, 0.5) is 8.78 Å². The molecule has 0 aliphatic rings. The summed E-state index contributed by atoms with van der Waals surface area (Å²) >= 11 is 5.83. The van der Waals surface area contributed by atoms with Gasteiger partial charge in [0.25, 0.3) is 0 Å². The van der Waals surface area contributed by atoms with Gasteiger partial charge in [0.1, 0.15) is 11.3 Å². The van der Waals surface area contributed by atoms with Gasteiger partial charge >= 0.3 is 0 Å². The van der Waals surface area contributed by atoms with Crippen LogP contribution in [-0.2, 0) is 12.9 Å². The lowest BCUT2D eigenvalue weighted by atomic mass is 10.3. The van der Waals surface area contributed by atoms with E-state index in [0.29, 0.717) is 17.0 Å². The predicted octanol–water partition coefficient (Wildman–Crippen LogP) is 2.78. The first-order valence-corrected chi connectivity index (χ1v) is 6.05. The van der Waals surface area contributed by atoms with E-state index in [9.17, 15) is 8.78 Å². The molecule has 0 spiro atoms. The third-order valence-electron chi connectivity index (χ3n) is 2.85. The average Bonchev–Trinajstić information content (AvgIpc) is 2.97. The van der Waals surface area contributed by atoms with E-state index < -0.39 is 11.6 Å². The minimum absolute atomic E-state index is 0.0728. The maximum atomic E-state index is 14.0. The molecular formula is C12H9ClF2N4. The highest BCUT2D eigenvalue weighted by molar-refractivity contribution is 6.17. The number of hydrogen-bond donors (Lipinski definition) is 0. The Morgan fingerprint density at radius 2 is 2.11 bits per heavy atom. The van der Waals surface area contributed by atoms with Crippen molar-refractivity contribution in [2.24, 2.45) is 7.05 Å². The number of halogens is 3. The molecule has 0 aliphatic carbocycles. The summed E-state index contributed by atoms with van der Waals surface area (Å²) in [7, 11) is 1.74. The predicted molar refractivity (Wildman–Crippen MR) is 67.3 cm³/mol. The summed E-state index contributed by atoms with van der Waals surface area (Å²) in [5.41, 5.74) is 1.02. The first-order chi connectivity index (χ1) is 9.11. The van der Waals surface area contributed by atoms with Gasteiger partial charge in [-0.05, 0) is 12.1 Å². The first-order valence-electron chi connectivity index (χ1n) is 5.52. The average molecular weight is 283 g/mol. The summed E-state index contributed by atoms with van der Waals surface area (Å²) < 4.78 is 30.4. The third kappa shape index (κ3) is 1.79. The lowest BCUT2D eigenvalue weighted by Crippen LogP contribution is -2.00. The summed E-state index contributed by atoms with van der Waals surface area (Å²) in [6, 6.07) is 2.48. The fraction of sp³-hybridized carbons (Fsp3) is 0.167. The van der Waals surface area contributed by atoms with Crippen molar-refractivity contribution in [3.05, 3.63) is 42.0 Å². The number of imidazole rings is 1. The number of fused-ring (bicyclic) bond motifs is 1. The van der Waals surface area contributed by atoms with Crippen molar-refractivity contribution in [2.75, 3.05) is 0 Å². The van der Waals surface area contributed by atoms with Crippen molar-refractivity contribution in [2.45, 2.75) is 5.88 Å². The molecule has 3 aromatic rings. The van der Waals surface area contributed by atoms with Crippen LogP contribution in [0.5, 0.6) is 0 Å². The fourth-order valence-electron chi connectivity index (χ4n) is 2.04. The van der Waals surface area contributed by atoms with Crippen molar-refractivity contribution in [3.8, 4) is 5.69 Å². The smallest absolute Gasteiger partial charge is 0.185 e. The summed E-state index contributed by atoms with van der Waals surface area (Å²) in [6.07, 6.45) is 3.23. The number of hydrogen-bond acceptors (Lipinski definition) is 2. The zero-order valence-corrected chi connectivity index (χ0v) is 10.7. The molecule has 0 fully saturated rings. The summed E-state index contributed by atoms with van der Waals surface area (Å²) in [5.74, 6) is -1.33. The topological polar surface area (TPSA) is 35.6 Å². The van der Waals surface area contributed by atoms with E-state index in [1.54, 1.807) is 24.1 Å². The molecule has 1 aromatic carbocycles. The van der Waals surface area contributed by atoms with Crippen molar-refractivity contribution in [3.63, 3.8) is 0 Å². The summed E-state index contributed by atoms with van der Waals surface area (Å²) in [4.78, 5) is 4.21. The normalized spacial score (nSPS) is 11.4. The maximum absolute atomic E-state index is 14.0. The van der Waals surface area contributed by atoms with Gasteiger partial charge in [0.15, 0.2) is 11.6 Å². The standard InChI is InChI=1S/C12H9ClF2N4/c1-18-6-7(5-16-18)19-10(4-13)17-9-3-2-8(14)11(15)12(9)19/h2-3,5-6H,4H2,1H3. The van der Waals surface area contributed by atoms with E-state index in [4.69, 9.17) is 11.6 Å². The molecule has 0 saturated heterocycles. The molecule has 0 atom stereocenters. The largest absolute Gasteiger partial charge is 0.289 e. The SMILES string of the molecule is Cn1cc(-n2c(CCl)nc3ccc(F)c(F)c32)cn1. The monoisotopic (exact) mass is 282 g/mol. The van der Waals surface area contributed by atoms with E-state index in [-0.39, 0.29) is 11.4 Å². The molecule has 2 aromatic heterocycles. The Morgan fingerprint density at radius 3 is 2.74 bits per heavy atom. The Morgan fingerprint density at radius 1 is 1.32 bits per heavy atom. The van der Waals surface area contributed by atoms with Gasteiger partial charge in [0.2, 0.25) is 0 Å². The number of benzene rings is 1. The molecule has 2 heterocycles. The Kier molecular flexibility index (Phi) is 2.74. The van der Waals surface area contributed by atoms with Crippen LogP contribution in [-0.4, -0.2) is 19.3 Å². The van der Waals surface area contributed by atoms with Crippen LogP contribution in [0.25, 0.3) is 16.7 Å². The van der Waals surface area contributed by atoms with Crippen LogP contribution in [0.15, 0.2) is 24.5 Å². The highest BCUT2D eigenvalue weighted by atomic mass is 35.5. The van der Waals surface area contributed by atoms with Crippen LogP contribution in [0.3, 0.4) is 0 Å². The van der Waals surface area contributed by atoms with Crippen LogP contribution in [0.1, 0.15) is 5.82 Å². The maximum Gasteiger partial charge on any atom is 0.185 e. The second-order valence-corrected chi connectivity index (χ2v) is 4.37. The molecule has 3 rings (SSSR count). The van der Waals surface area contributed by atoms with Crippen LogP contribution < -0.4 is 0 Å². The van der Waals surface area contributed by atoms with E-state index in [1.165, 1.54) is 10.6 Å². The van der Waals surface area contributed by atoms with Gasteiger partial charge in [-0.15, -0.1) is 11.6 Å². The van der Waals surface area contributed by atoms with Crippen molar-refractivity contribution >= 4 is 22.6 Å². The highest BCUT2D eigenvalue weighted by Gasteiger charge is 2.18. The number of aromatic nitrogens is 4. The van der Waals surface area contributed by atoms with Crippen molar-refractivity contribution in [1.29, 1.82) is 0 Å². The zero-order valence-electron chi connectivity index (χ0n) is 9.94. The Hall–Kier alpha value is -1.95. The van der Waals surface area contributed by atoms with Crippen LogP contribution in [0, 0.1) is 11.6 Å². The lowest BCUT2D eigenvalue weighted by Gasteiger charge is -2.05. The third-order valence-corrected chi connectivity index (χ3v) is 3.09. The minimum atomic E-state index is -0.940. The van der Waals surface area contributed by atoms with E-state index in [0.717, 1.165) is 6.07 Å². The van der Waals surface area contributed by atoms with Gasteiger partial charge in [-0.25, -0.2) is 13.8 Å².